The zero-order chi connectivity index (χ0) is 26.0. The Morgan fingerprint density at radius 2 is 1.42 bits per heavy atom. The number of imide groups is 1. The van der Waals surface area contributed by atoms with Gasteiger partial charge < -0.3 is 10.6 Å². The lowest BCUT2D eigenvalue weighted by Crippen LogP contribution is -2.32. The molecule has 2 N–H and O–H groups in total. The smallest absolute Gasteiger partial charge is 0.283 e. The number of aryl methyl sites for hydroxylation is 2. The van der Waals surface area contributed by atoms with E-state index < -0.39 is 11.8 Å². The van der Waals surface area contributed by atoms with E-state index in [9.17, 15) is 14.4 Å². The standard InChI is InChI=1S/C27H22Cl3N3O3/c1-3-15-6-5-7-16(4-2)23(15)32-25(34)17-8-10-20(11-9-17)31-24-22(30)26(35)33(27(24)36)21-13-18(28)12-19(29)14-21/h5-14,31H,3-4H2,1-2H3,(H,32,34). The molecular weight excluding hydrogens is 521 g/mol. The van der Waals surface area contributed by atoms with Gasteiger partial charge >= 0.3 is 0 Å². The van der Waals surface area contributed by atoms with Crippen molar-refractivity contribution in [2.75, 3.05) is 15.5 Å². The van der Waals surface area contributed by atoms with Crippen LogP contribution < -0.4 is 15.5 Å². The van der Waals surface area contributed by atoms with Crippen molar-refractivity contribution in [2.45, 2.75) is 26.7 Å². The van der Waals surface area contributed by atoms with Crippen LogP contribution in [0.25, 0.3) is 0 Å². The highest BCUT2D eigenvalue weighted by Crippen LogP contribution is 2.33. The molecule has 6 nitrogen and oxygen atoms in total. The molecule has 0 radical (unpaired) electrons. The van der Waals surface area contributed by atoms with E-state index in [-0.39, 0.29) is 32.4 Å². The van der Waals surface area contributed by atoms with Gasteiger partial charge in [-0.25, -0.2) is 4.90 Å². The van der Waals surface area contributed by atoms with Gasteiger partial charge in [0.1, 0.15) is 10.7 Å². The lowest BCUT2D eigenvalue weighted by atomic mass is 10.0. The number of amides is 3. The number of nitrogens with zero attached hydrogens (tertiary/aromatic N) is 1. The molecule has 0 saturated heterocycles. The number of halogens is 3. The van der Waals surface area contributed by atoms with E-state index in [1.807, 2.05) is 32.0 Å². The number of carbonyl (C=O) groups is 3. The van der Waals surface area contributed by atoms with Gasteiger partial charge in [0.05, 0.1) is 5.69 Å². The van der Waals surface area contributed by atoms with Gasteiger partial charge in [-0.15, -0.1) is 0 Å². The van der Waals surface area contributed by atoms with Crippen LogP contribution in [0.15, 0.2) is 71.4 Å². The van der Waals surface area contributed by atoms with Gasteiger partial charge in [-0.3, -0.25) is 14.4 Å². The van der Waals surface area contributed by atoms with Crippen LogP contribution in [-0.2, 0) is 22.4 Å². The maximum Gasteiger partial charge on any atom is 0.283 e. The van der Waals surface area contributed by atoms with Crippen LogP contribution in [0.4, 0.5) is 17.1 Å². The lowest BCUT2D eigenvalue weighted by Gasteiger charge is -2.16. The number of para-hydroxylation sites is 1. The third-order valence-electron chi connectivity index (χ3n) is 5.79. The number of hydrogen-bond donors (Lipinski definition) is 2. The molecule has 4 rings (SSSR count). The summed E-state index contributed by atoms with van der Waals surface area (Å²) in [6.07, 6.45) is 1.60. The summed E-state index contributed by atoms with van der Waals surface area (Å²) in [5.41, 5.74) is 4.02. The molecule has 36 heavy (non-hydrogen) atoms. The lowest BCUT2D eigenvalue weighted by molar-refractivity contribution is -0.120. The van der Waals surface area contributed by atoms with E-state index in [1.165, 1.54) is 18.2 Å². The predicted octanol–water partition coefficient (Wildman–Crippen LogP) is 6.81. The average Bonchev–Trinajstić information content (AvgIpc) is 3.06. The first-order valence-electron chi connectivity index (χ1n) is 11.3. The summed E-state index contributed by atoms with van der Waals surface area (Å²) in [5, 5.41) is 6.20. The summed E-state index contributed by atoms with van der Waals surface area (Å²) < 4.78 is 0. The highest BCUT2D eigenvalue weighted by Gasteiger charge is 2.39. The van der Waals surface area contributed by atoms with Crippen molar-refractivity contribution in [3.8, 4) is 0 Å². The molecule has 0 spiro atoms. The third kappa shape index (κ3) is 5.12. The van der Waals surface area contributed by atoms with Crippen LogP contribution in [0.5, 0.6) is 0 Å². The Balaban J connectivity index is 1.51. The first-order chi connectivity index (χ1) is 17.2. The van der Waals surface area contributed by atoms with Gasteiger partial charge in [0, 0.05) is 27.0 Å². The quantitative estimate of drug-likeness (QED) is 0.322. The molecule has 3 aromatic carbocycles. The Hall–Kier alpha value is -3.32. The average molecular weight is 543 g/mol. The van der Waals surface area contributed by atoms with Crippen molar-refractivity contribution in [1.82, 2.24) is 0 Å². The van der Waals surface area contributed by atoms with Crippen LogP contribution in [0.2, 0.25) is 10.0 Å². The Morgan fingerprint density at radius 3 is 1.97 bits per heavy atom. The van der Waals surface area contributed by atoms with E-state index in [2.05, 4.69) is 10.6 Å². The minimum Gasteiger partial charge on any atom is -0.350 e. The van der Waals surface area contributed by atoms with Crippen LogP contribution in [0.3, 0.4) is 0 Å². The maximum atomic E-state index is 13.0. The third-order valence-corrected chi connectivity index (χ3v) is 6.57. The topological polar surface area (TPSA) is 78.5 Å². The molecule has 1 heterocycles. The van der Waals surface area contributed by atoms with Gasteiger partial charge in [0.2, 0.25) is 0 Å². The second-order valence-electron chi connectivity index (χ2n) is 8.08. The number of hydrogen-bond acceptors (Lipinski definition) is 4. The first-order valence-corrected chi connectivity index (χ1v) is 12.4. The fourth-order valence-electron chi connectivity index (χ4n) is 3.95. The van der Waals surface area contributed by atoms with E-state index in [4.69, 9.17) is 34.8 Å². The van der Waals surface area contributed by atoms with Gasteiger partial charge in [0.25, 0.3) is 17.7 Å². The summed E-state index contributed by atoms with van der Waals surface area (Å²) in [5.74, 6) is -1.58. The Labute approximate surface area is 223 Å². The van der Waals surface area contributed by atoms with Crippen molar-refractivity contribution in [1.29, 1.82) is 0 Å². The van der Waals surface area contributed by atoms with E-state index in [0.29, 0.717) is 11.3 Å². The number of benzene rings is 3. The second-order valence-corrected chi connectivity index (χ2v) is 9.33. The van der Waals surface area contributed by atoms with Crippen molar-refractivity contribution in [3.63, 3.8) is 0 Å². The Kier molecular flexibility index (Phi) is 7.69. The number of anilines is 3. The van der Waals surface area contributed by atoms with Gasteiger partial charge in [-0.2, -0.15) is 0 Å². The van der Waals surface area contributed by atoms with Crippen LogP contribution in [0, 0.1) is 0 Å². The molecular formula is C27H22Cl3N3O3. The molecule has 0 atom stereocenters. The minimum absolute atomic E-state index is 0.0839. The molecule has 1 aliphatic heterocycles. The SMILES string of the molecule is CCc1cccc(CC)c1NC(=O)c1ccc(NC2=C(Cl)C(=O)N(c3cc(Cl)cc(Cl)c3)C2=O)cc1. The minimum atomic E-state index is -0.695. The Morgan fingerprint density at radius 1 is 0.833 bits per heavy atom. The molecule has 3 aromatic rings. The van der Waals surface area contributed by atoms with Crippen molar-refractivity contribution >= 4 is 69.6 Å². The molecule has 0 aliphatic carbocycles. The zero-order valence-electron chi connectivity index (χ0n) is 19.5. The summed E-state index contributed by atoms with van der Waals surface area (Å²) >= 11 is 18.2. The monoisotopic (exact) mass is 541 g/mol. The van der Waals surface area contributed by atoms with E-state index in [0.717, 1.165) is 34.6 Å². The maximum absolute atomic E-state index is 13.0. The fourth-order valence-corrected chi connectivity index (χ4v) is 4.68. The largest absolute Gasteiger partial charge is 0.350 e. The molecule has 0 saturated carbocycles. The highest BCUT2D eigenvalue weighted by molar-refractivity contribution is 6.53. The number of rotatable bonds is 7. The number of carbonyl (C=O) groups excluding carboxylic acids is 3. The Bertz CT molecular complexity index is 1360. The van der Waals surface area contributed by atoms with Gasteiger partial charge in [-0.1, -0.05) is 66.8 Å². The highest BCUT2D eigenvalue weighted by atomic mass is 35.5. The van der Waals surface area contributed by atoms with Crippen LogP contribution in [0.1, 0.15) is 35.3 Å². The van der Waals surface area contributed by atoms with Crippen LogP contribution >= 0.6 is 34.8 Å². The van der Waals surface area contributed by atoms with Crippen LogP contribution in [-0.4, -0.2) is 17.7 Å². The molecule has 1 aliphatic rings. The van der Waals surface area contributed by atoms with Gasteiger partial charge in [0.15, 0.2) is 0 Å². The molecule has 0 aromatic heterocycles. The molecule has 3 amide bonds. The summed E-state index contributed by atoms with van der Waals surface area (Å²) in [6, 6.07) is 16.9. The number of nitrogens with one attached hydrogen (secondary N) is 2. The van der Waals surface area contributed by atoms with Crippen molar-refractivity contribution in [2.24, 2.45) is 0 Å². The fraction of sp³-hybridized carbons (Fsp3) is 0.148. The van der Waals surface area contributed by atoms with E-state index >= 15 is 0 Å². The van der Waals surface area contributed by atoms with Crippen molar-refractivity contribution < 1.29 is 14.4 Å². The van der Waals surface area contributed by atoms with Crippen molar-refractivity contribution in [3.05, 3.63) is 98.1 Å². The summed E-state index contributed by atoms with van der Waals surface area (Å²) in [4.78, 5) is 39.5. The normalized spacial score (nSPS) is 13.4. The molecule has 0 unspecified atom stereocenters. The zero-order valence-corrected chi connectivity index (χ0v) is 21.8. The molecule has 184 valence electrons. The van der Waals surface area contributed by atoms with Gasteiger partial charge in [-0.05, 0) is 66.4 Å². The molecule has 9 heteroatoms. The summed E-state index contributed by atoms with van der Waals surface area (Å²) in [6.45, 7) is 4.09. The summed E-state index contributed by atoms with van der Waals surface area (Å²) in [7, 11) is 0. The molecule has 0 bridgehead atoms. The molecule has 0 fully saturated rings. The second kappa shape index (κ2) is 10.7. The first kappa shape index (κ1) is 25.8. The predicted molar refractivity (Wildman–Crippen MR) is 145 cm³/mol. The van der Waals surface area contributed by atoms with E-state index in [1.54, 1.807) is 24.3 Å².